The molecule has 2 N–H and O–H groups in total. The monoisotopic (exact) mass is 391 g/mol. The van der Waals surface area contributed by atoms with E-state index in [-0.39, 0.29) is 5.91 Å². The van der Waals surface area contributed by atoms with Gasteiger partial charge < -0.3 is 9.88 Å². The van der Waals surface area contributed by atoms with Gasteiger partial charge in [-0.3, -0.25) is 9.89 Å². The first-order valence-electron chi connectivity index (χ1n) is 10.5. The third kappa shape index (κ3) is 3.97. The van der Waals surface area contributed by atoms with Gasteiger partial charge in [-0.05, 0) is 45.2 Å². The highest BCUT2D eigenvalue weighted by atomic mass is 16.1. The first kappa shape index (κ1) is 19.4. The molecule has 1 aliphatic carbocycles. The minimum Gasteiger partial charge on any atom is -0.345 e. The molecule has 1 fully saturated rings. The predicted molar refractivity (Wildman–Crippen MR) is 113 cm³/mol. The molecule has 0 saturated heterocycles. The van der Waals surface area contributed by atoms with E-state index >= 15 is 0 Å². The zero-order chi connectivity index (χ0) is 20.4. The molecule has 6 heteroatoms. The van der Waals surface area contributed by atoms with Crippen LogP contribution in [0.1, 0.15) is 83.1 Å². The van der Waals surface area contributed by atoms with Gasteiger partial charge in [0, 0.05) is 17.4 Å². The third-order valence-corrected chi connectivity index (χ3v) is 5.95. The summed E-state index contributed by atoms with van der Waals surface area (Å²) in [4.78, 5) is 17.8. The molecule has 4 rings (SSSR count). The van der Waals surface area contributed by atoms with Crippen molar-refractivity contribution in [2.24, 2.45) is 0 Å². The number of aromatic amines is 1. The number of rotatable bonds is 5. The number of hydrogen-bond donors (Lipinski definition) is 2. The van der Waals surface area contributed by atoms with Crippen LogP contribution in [0.3, 0.4) is 0 Å². The van der Waals surface area contributed by atoms with Crippen LogP contribution in [0.15, 0.2) is 36.4 Å². The summed E-state index contributed by atoms with van der Waals surface area (Å²) < 4.78 is 2.36. The number of nitrogens with zero attached hydrogens (tertiary/aromatic N) is 3. The van der Waals surface area contributed by atoms with Crippen LogP contribution in [0.5, 0.6) is 0 Å². The van der Waals surface area contributed by atoms with Gasteiger partial charge in [0.1, 0.15) is 11.9 Å². The molecule has 1 unspecified atom stereocenters. The maximum atomic E-state index is 13.3. The molecule has 1 aromatic carbocycles. The minimum absolute atomic E-state index is 0.0866. The fraction of sp³-hybridized carbons (Fsp3) is 0.435. The van der Waals surface area contributed by atoms with Gasteiger partial charge >= 0.3 is 0 Å². The van der Waals surface area contributed by atoms with E-state index in [4.69, 9.17) is 0 Å². The Balaban J connectivity index is 1.63. The molecule has 1 saturated carbocycles. The maximum absolute atomic E-state index is 13.3. The lowest BCUT2D eigenvalue weighted by atomic mass is 9.95. The number of aromatic nitrogens is 4. The van der Waals surface area contributed by atoms with Crippen molar-refractivity contribution in [1.29, 1.82) is 0 Å². The Labute approximate surface area is 171 Å². The number of aryl methyl sites for hydroxylation is 2. The molecule has 1 atom stereocenters. The Morgan fingerprint density at radius 3 is 2.52 bits per heavy atom. The molecule has 0 radical (unpaired) electrons. The summed E-state index contributed by atoms with van der Waals surface area (Å²) in [6, 6.07) is 12.0. The second-order valence-electron chi connectivity index (χ2n) is 8.04. The molecular weight excluding hydrogens is 362 g/mol. The maximum Gasteiger partial charge on any atom is 0.253 e. The van der Waals surface area contributed by atoms with Gasteiger partial charge in [0.25, 0.3) is 5.91 Å². The molecule has 1 aliphatic rings. The largest absolute Gasteiger partial charge is 0.345 e. The molecule has 1 amide bonds. The highest BCUT2D eigenvalue weighted by Gasteiger charge is 2.26. The van der Waals surface area contributed by atoms with Crippen LogP contribution in [-0.4, -0.2) is 25.7 Å². The molecule has 2 aromatic heterocycles. The van der Waals surface area contributed by atoms with Crippen LogP contribution in [0.4, 0.5) is 0 Å². The topological polar surface area (TPSA) is 75.6 Å². The molecular formula is C23H29N5O. The standard InChI is InChI=1S/C23H29N5O/c1-15-14-20(16(2)28(15)19-12-8-5-9-13-19)23(29)25-21(18-10-6-4-7-11-18)22-24-17(3)26-27-22/h4,6-7,10-11,14,19,21H,5,8-9,12-13H2,1-3H3,(H,25,29)(H,24,26,27). The molecule has 0 spiro atoms. The summed E-state index contributed by atoms with van der Waals surface area (Å²) in [6.07, 6.45) is 6.24. The lowest BCUT2D eigenvalue weighted by Gasteiger charge is -2.26. The first-order chi connectivity index (χ1) is 14.0. The lowest BCUT2D eigenvalue weighted by Crippen LogP contribution is -2.30. The smallest absolute Gasteiger partial charge is 0.253 e. The predicted octanol–water partition coefficient (Wildman–Crippen LogP) is 4.56. The van der Waals surface area contributed by atoms with Gasteiger partial charge in [0.05, 0.1) is 5.56 Å². The second-order valence-corrected chi connectivity index (χ2v) is 8.04. The van der Waals surface area contributed by atoms with E-state index in [1.807, 2.05) is 43.3 Å². The van der Waals surface area contributed by atoms with Crippen molar-refractivity contribution >= 4 is 5.91 Å². The Morgan fingerprint density at radius 1 is 1.14 bits per heavy atom. The van der Waals surface area contributed by atoms with Crippen molar-refractivity contribution in [3.05, 3.63) is 70.6 Å². The summed E-state index contributed by atoms with van der Waals surface area (Å²) in [5.74, 6) is 1.21. The van der Waals surface area contributed by atoms with Gasteiger partial charge in [-0.25, -0.2) is 4.98 Å². The van der Waals surface area contributed by atoms with Crippen LogP contribution in [-0.2, 0) is 0 Å². The van der Waals surface area contributed by atoms with Crippen LogP contribution in [0.2, 0.25) is 0 Å². The zero-order valence-corrected chi connectivity index (χ0v) is 17.4. The number of nitrogens with one attached hydrogen (secondary N) is 2. The average molecular weight is 392 g/mol. The normalized spacial score (nSPS) is 16.0. The SMILES string of the molecule is Cc1nc(C(NC(=O)c2cc(C)n(C3CCCCC3)c2C)c2ccccc2)n[nH]1. The van der Waals surface area contributed by atoms with E-state index in [0.717, 1.165) is 28.3 Å². The number of carbonyl (C=O) groups excluding carboxylic acids is 1. The summed E-state index contributed by atoms with van der Waals surface area (Å²) in [5, 5.41) is 10.4. The molecule has 0 bridgehead atoms. The van der Waals surface area contributed by atoms with E-state index in [0.29, 0.717) is 11.9 Å². The Hall–Kier alpha value is -2.89. The summed E-state index contributed by atoms with van der Waals surface area (Å²) in [6.45, 7) is 6.02. The number of amides is 1. The molecule has 3 aromatic rings. The van der Waals surface area contributed by atoms with Gasteiger partial charge in [-0.15, -0.1) is 0 Å². The number of benzene rings is 1. The minimum atomic E-state index is -0.397. The van der Waals surface area contributed by atoms with Gasteiger partial charge in [-0.1, -0.05) is 49.6 Å². The Morgan fingerprint density at radius 2 is 1.86 bits per heavy atom. The Bertz CT molecular complexity index is 982. The van der Waals surface area contributed by atoms with Crippen molar-refractivity contribution in [3.8, 4) is 0 Å². The van der Waals surface area contributed by atoms with Crippen LogP contribution in [0.25, 0.3) is 0 Å². The first-order valence-corrected chi connectivity index (χ1v) is 10.5. The third-order valence-electron chi connectivity index (χ3n) is 5.95. The van der Waals surface area contributed by atoms with Crippen LogP contribution in [0, 0.1) is 20.8 Å². The fourth-order valence-electron chi connectivity index (χ4n) is 4.55. The fourth-order valence-corrected chi connectivity index (χ4v) is 4.55. The van der Waals surface area contributed by atoms with E-state index in [2.05, 4.69) is 38.9 Å². The van der Waals surface area contributed by atoms with Gasteiger partial charge in [-0.2, -0.15) is 5.10 Å². The van der Waals surface area contributed by atoms with Crippen molar-refractivity contribution in [3.63, 3.8) is 0 Å². The number of carbonyl (C=O) groups is 1. The van der Waals surface area contributed by atoms with E-state index < -0.39 is 6.04 Å². The quantitative estimate of drug-likeness (QED) is 0.670. The zero-order valence-electron chi connectivity index (χ0n) is 17.4. The van der Waals surface area contributed by atoms with Crippen molar-refractivity contribution in [2.75, 3.05) is 0 Å². The summed E-state index contributed by atoms with van der Waals surface area (Å²) in [7, 11) is 0. The molecule has 2 heterocycles. The van der Waals surface area contributed by atoms with Crippen molar-refractivity contribution in [2.45, 2.75) is 65.0 Å². The van der Waals surface area contributed by atoms with Crippen LogP contribution < -0.4 is 5.32 Å². The molecule has 152 valence electrons. The highest BCUT2D eigenvalue weighted by molar-refractivity contribution is 5.96. The second kappa shape index (κ2) is 8.23. The van der Waals surface area contributed by atoms with E-state index in [1.54, 1.807) is 0 Å². The van der Waals surface area contributed by atoms with Gasteiger partial charge in [0.2, 0.25) is 0 Å². The average Bonchev–Trinajstić information content (AvgIpc) is 3.30. The molecule has 29 heavy (non-hydrogen) atoms. The summed E-state index contributed by atoms with van der Waals surface area (Å²) in [5.41, 5.74) is 3.90. The van der Waals surface area contributed by atoms with Crippen LogP contribution >= 0.6 is 0 Å². The summed E-state index contributed by atoms with van der Waals surface area (Å²) >= 11 is 0. The van der Waals surface area contributed by atoms with E-state index in [1.165, 1.54) is 32.1 Å². The van der Waals surface area contributed by atoms with Crippen molar-refractivity contribution < 1.29 is 4.79 Å². The number of H-pyrrole nitrogens is 1. The lowest BCUT2D eigenvalue weighted by molar-refractivity contribution is 0.0940. The highest BCUT2D eigenvalue weighted by Crippen LogP contribution is 2.32. The molecule has 0 aliphatic heterocycles. The van der Waals surface area contributed by atoms with Crippen molar-refractivity contribution in [1.82, 2.24) is 25.1 Å². The molecule has 6 nitrogen and oxygen atoms in total. The van der Waals surface area contributed by atoms with E-state index in [9.17, 15) is 4.79 Å². The Kier molecular flexibility index (Phi) is 5.51. The van der Waals surface area contributed by atoms with Gasteiger partial charge in [0.15, 0.2) is 5.82 Å². The number of hydrogen-bond acceptors (Lipinski definition) is 3.